The molecule has 0 aliphatic heterocycles. The number of fused-ring (bicyclic) bond motifs is 1. The van der Waals surface area contributed by atoms with Gasteiger partial charge in [-0.3, -0.25) is 9.78 Å². The first-order valence-corrected chi connectivity index (χ1v) is 10.4. The zero-order valence-corrected chi connectivity index (χ0v) is 18.0. The van der Waals surface area contributed by atoms with Gasteiger partial charge in [0.15, 0.2) is 0 Å². The second kappa shape index (κ2) is 9.00. The summed E-state index contributed by atoms with van der Waals surface area (Å²) in [6.07, 6.45) is 3.21. The molecule has 1 N–H and O–H groups in total. The fourth-order valence-electron chi connectivity index (χ4n) is 3.61. The van der Waals surface area contributed by atoms with Crippen LogP contribution in [0.5, 0.6) is 5.75 Å². The molecule has 0 fully saturated rings. The smallest absolute Gasteiger partial charge is 0.253 e. The van der Waals surface area contributed by atoms with E-state index in [0.29, 0.717) is 18.7 Å². The monoisotopic (exact) mass is 414 g/mol. The van der Waals surface area contributed by atoms with E-state index >= 15 is 0 Å². The summed E-state index contributed by atoms with van der Waals surface area (Å²) in [5.41, 5.74) is 4.71. The number of nitrogens with zero attached hydrogens (tertiary/aromatic N) is 3. The third-order valence-electron chi connectivity index (χ3n) is 5.26. The standard InChI is InChI=1S/C25H26N4O2/c1-17-10-11-18(2)23(15-17)31-14-13-29-22-9-5-4-8-21(22)28-24(29)19(3)27-25(30)20-7-6-12-26-16-20/h4-12,15-16,19H,13-14H2,1-3H3,(H,27,30). The number of para-hydroxylation sites is 2. The molecule has 1 unspecified atom stereocenters. The lowest BCUT2D eigenvalue weighted by Gasteiger charge is -2.17. The largest absolute Gasteiger partial charge is 0.491 e. The number of nitrogens with one attached hydrogen (secondary N) is 1. The van der Waals surface area contributed by atoms with Crippen molar-refractivity contribution in [3.05, 3.63) is 89.5 Å². The average Bonchev–Trinajstić information content (AvgIpc) is 3.15. The van der Waals surface area contributed by atoms with Gasteiger partial charge in [0.2, 0.25) is 0 Å². The molecule has 4 rings (SSSR count). The van der Waals surface area contributed by atoms with Crippen molar-refractivity contribution in [1.82, 2.24) is 19.9 Å². The van der Waals surface area contributed by atoms with E-state index < -0.39 is 0 Å². The van der Waals surface area contributed by atoms with Crippen LogP contribution in [0.1, 0.15) is 40.3 Å². The SMILES string of the molecule is Cc1ccc(C)c(OCCn2c(C(C)NC(=O)c3cccnc3)nc3ccccc32)c1. The highest BCUT2D eigenvalue weighted by molar-refractivity contribution is 5.94. The molecule has 6 nitrogen and oxygen atoms in total. The first kappa shape index (κ1) is 20.6. The number of carbonyl (C=O) groups excluding carboxylic acids is 1. The number of amides is 1. The van der Waals surface area contributed by atoms with Crippen LogP contribution in [0, 0.1) is 13.8 Å². The summed E-state index contributed by atoms with van der Waals surface area (Å²) >= 11 is 0. The van der Waals surface area contributed by atoms with Crippen molar-refractivity contribution in [3.8, 4) is 5.75 Å². The Balaban J connectivity index is 1.55. The molecule has 2 heterocycles. The quantitative estimate of drug-likeness (QED) is 0.479. The second-order valence-electron chi connectivity index (χ2n) is 7.66. The fourth-order valence-corrected chi connectivity index (χ4v) is 3.61. The Morgan fingerprint density at radius 1 is 1.13 bits per heavy atom. The lowest BCUT2D eigenvalue weighted by atomic mass is 10.1. The molecule has 0 aliphatic rings. The number of pyridine rings is 1. The summed E-state index contributed by atoms with van der Waals surface area (Å²) in [6.45, 7) is 7.16. The van der Waals surface area contributed by atoms with Gasteiger partial charge in [0.1, 0.15) is 18.2 Å². The number of carbonyl (C=O) groups is 1. The maximum atomic E-state index is 12.6. The number of aromatic nitrogens is 3. The molecule has 0 radical (unpaired) electrons. The molecular weight excluding hydrogens is 388 g/mol. The first-order chi connectivity index (χ1) is 15.0. The Bertz CT molecular complexity index is 1200. The number of imidazole rings is 1. The van der Waals surface area contributed by atoms with E-state index in [-0.39, 0.29) is 11.9 Å². The lowest BCUT2D eigenvalue weighted by molar-refractivity contribution is 0.0937. The van der Waals surface area contributed by atoms with Crippen LogP contribution >= 0.6 is 0 Å². The molecule has 0 saturated carbocycles. The maximum Gasteiger partial charge on any atom is 0.253 e. The Labute approximate surface area is 181 Å². The van der Waals surface area contributed by atoms with Crippen molar-refractivity contribution < 1.29 is 9.53 Å². The minimum absolute atomic E-state index is 0.175. The highest BCUT2D eigenvalue weighted by Crippen LogP contribution is 2.23. The summed E-state index contributed by atoms with van der Waals surface area (Å²) in [5, 5.41) is 3.04. The van der Waals surface area contributed by atoms with Crippen LogP contribution in [0.2, 0.25) is 0 Å². The van der Waals surface area contributed by atoms with Gasteiger partial charge in [-0.2, -0.15) is 0 Å². The van der Waals surface area contributed by atoms with Gasteiger partial charge in [0.25, 0.3) is 5.91 Å². The fraction of sp³-hybridized carbons (Fsp3) is 0.240. The Morgan fingerprint density at radius 2 is 1.97 bits per heavy atom. The molecule has 1 amide bonds. The van der Waals surface area contributed by atoms with Crippen molar-refractivity contribution >= 4 is 16.9 Å². The van der Waals surface area contributed by atoms with Gasteiger partial charge in [-0.05, 0) is 62.2 Å². The predicted octanol–water partition coefficient (Wildman–Crippen LogP) is 4.62. The van der Waals surface area contributed by atoms with Gasteiger partial charge in [0.05, 0.1) is 29.2 Å². The van der Waals surface area contributed by atoms with Crippen molar-refractivity contribution in [2.45, 2.75) is 33.4 Å². The Hall–Kier alpha value is -3.67. The number of aryl methyl sites for hydroxylation is 2. The summed E-state index contributed by atoms with van der Waals surface area (Å²) < 4.78 is 8.20. The minimum atomic E-state index is -0.277. The maximum absolute atomic E-state index is 12.6. The second-order valence-corrected chi connectivity index (χ2v) is 7.66. The summed E-state index contributed by atoms with van der Waals surface area (Å²) in [4.78, 5) is 21.4. The van der Waals surface area contributed by atoms with Gasteiger partial charge >= 0.3 is 0 Å². The van der Waals surface area contributed by atoms with Crippen molar-refractivity contribution in [1.29, 1.82) is 0 Å². The molecule has 4 aromatic rings. The van der Waals surface area contributed by atoms with E-state index in [4.69, 9.17) is 9.72 Å². The zero-order chi connectivity index (χ0) is 21.8. The van der Waals surface area contributed by atoms with Gasteiger partial charge in [-0.25, -0.2) is 4.98 Å². The summed E-state index contributed by atoms with van der Waals surface area (Å²) in [7, 11) is 0. The average molecular weight is 415 g/mol. The number of hydrogen-bond donors (Lipinski definition) is 1. The summed E-state index contributed by atoms with van der Waals surface area (Å²) in [6, 6.07) is 17.4. The van der Waals surface area contributed by atoms with Gasteiger partial charge in [0, 0.05) is 12.4 Å². The van der Waals surface area contributed by atoms with E-state index in [0.717, 1.165) is 28.2 Å². The third kappa shape index (κ3) is 4.58. The molecule has 0 saturated heterocycles. The molecule has 0 aliphatic carbocycles. The van der Waals surface area contributed by atoms with E-state index in [2.05, 4.69) is 40.0 Å². The minimum Gasteiger partial charge on any atom is -0.491 e. The number of rotatable bonds is 7. The van der Waals surface area contributed by atoms with Crippen LogP contribution in [0.3, 0.4) is 0 Å². The Kier molecular flexibility index (Phi) is 5.98. The topological polar surface area (TPSA) is 69.0 Å². The van der Waals surface area contributed by atoms with Crippen LogP contribution in [0.4, 0.5) is 0 Å². The number of hydrogen-bond acceptors (Lipinski definition) is 4. The van der Waals surface area contributed by atoms with E-state index in [1.54, 1.807) is 24.5 Å². The van der Waals surface area contributed by atoms with Crippen LogP contribution in [0.25, 0.3) is 11.0 Å². The van der Waals surface area contributed by atoms with Crippen molar-refractivity contribution in [3.63, 3.8) is 0 Å². The highest BCUT2D eigenvalue weighted by atomic mass is 16.5. The van der Waals surface area contributed by atoms with Gasteiger partial charge < -0.3 is 14.6 Å². The van der Waals surface area contributed by atoms with E-state index in [1.165, 1.54) is 5.56 Å². The molecule has 31 heavy (non-hydrogen) atoms. The Morgan fingerprint density at radius 3 is 2.77 bits per heavy atom. The van der Waals surface area contributed by atoms with E-state index in [9.17, 15) is 4.79 Å². The highest BCUT2D eigenvalue weighted by Gasteiger charge is 2.19. The van der Waals surface area contributed by atoms with Crippen LogP contribution in [0.15, 0.2) is 67.0 Å². The molecule has 1 atom stereocenters. The predicted molar refractivity (Wildman–Crippen MR) is 121 cm³/mol. The normalized spacial score (nSPS) is 12.0. The third-order valence-corrected chi connectivity index (χ3v) is 5.26. The van der Waals surface area contributed by atoms with Crippen LogP contribution in [-0.2, 0) is 6.54 Å². The molecule has 2 aromatic carbocycles. The van der Waals surface area contributed by atoms with Crippen molar-refractivity contribution in [2.24, 2.45) is 0 Å². The molecule has 0 spiro atoms. The lowest BCUT2D eigenvalue weighted by Crippen LogP contribution is -2.29. The molecule has 0 bridgehead atoms. The number of ether oxygens (including phenoxy) is 1. The van der Waals surface area contributed by atoms with Crippen molar-refractivity contribution in [2.75, 3.05) is 6.61 Å². The van der Waals surface area contributed by atoms with Gasteiger partial charge in [-0.1, -0.05) is 24.3 Å². The number of benzene rings is 2. The first-order valence-electron chi connectivity index (χ1n) is 10.4. The molecule has 6 heteroatoms. The van der Waals surface area contributed by atoms with E-state index in [1.807, 2.05) is 38.1 Å². The van der Waals surface area contributed by atoms with Crippen LogP contribution in [-0.4, -0.2) is 27.0 Å². The van der Waals surface area contributed by atoms with Gasteiger partial charge in [-0.15, -0.1) is 0 Å². The summed E-state index contributed by atoms with van der Waals surface area (Å²) in [5.74, 6) is 1.51. The molecule has 2 aromatic heterocycles. The molecule has 158 valence electrons. The molecular formula is C25H26N4O2. The zero-order valence-electron chi connectivity index (χ0n) is 18.0. The van der Waals surface area contributed by atoms with Crippen LogP contribution < -0.4 is 10.1 Å².